The molecule has 0 saturated heterocycles. The summed E-state index contributed by atoms with van der Waals surface area (Å²) in [4.78, 5) is 8.48. The molecule has 0 aliphatic heterocycles. The van der Waals surface area contributed by atoms with Crippen LogP contribution in [0.2, 0.25) is 0 Å². The van der Waals surface area contributed by atoms with Crippen LogP contribution in [0.1, 0.15) is 17.2 Å². The number of rotatable bonds is 5. The van der Waals surface area contributed by atoms with Crippen LogP contribution >= 0.6 is 0 Å². The van der Waals surface area contributed by atoms with E-state index in [2.05, 4.69) is 20.2 Å². The molecule has 4 aromatic heterocycles. The third-order valence-electron chi connectivity index (χ3n) is 5.17. The van der Waals surface area contributed by atoms with Crippen molar-refractivity contribution in [2.45, 2.75) is 13.3 Å². The second-order valence-electron chi connectivity index (χ2n) is 7.29. The number of anilines is 1. The highest BCUT2D eigenvalue weighted by Gasteiger charge is 2.19. The van der Waals surface area contributed by atoms with Crippen LogP contribution in [0.25, 0.3) is 28.0 Å². The summed E-state index contributed by atoms with van der Waals surface area (Å²) < 4.78 is 14.8. The third-order valence-corrected chi connectivity index (χ3v) is 5.17. The topological polar surface area (TPSA) is 109 Å². The van der Waals surface area contributed by atoms with Crippen LogP contribution in [0.5, 0.6) is 5.75 Å². The predicted octanol–water partition coefficient (Wildman–Crippen LogP) is 3.27. The van der Waals surface area contributed by atoms with Gasteiger partial charge in [-0.25, -0.2) is 14.5 Å². The van der Waals surface area contributed by atoms with E-state index in [-0.39, 0.29) is 0 Å². The molecule has 9 nitrogen and oxygen atoms in total. The van der Waals surface area contributed by atoms with Crippen LogP contribution < -0.4 is 10.5 Å². The van der Waals surface area contributed by atoms with Gasteiger partial charge in [0.15, 0.2) is 11.7 Å². The molecule has 5 rings (SSSR count). The van der Waals surface area contributed by atoms with Gasteiger partial charge < -0.3 is 14.9 Å². The average molecular weight is 415 g/mol. The van der Waals surface area contributed by atoms with Crippen molar-refractivity contribution in [2.24, 2.45) is 7.05 Å². The van der Waals surface area contributed by atoms with Crippen molar-refractivity contribution in [3.63, 3.8) is 0 Å². The largest absolute Gasteiger partial charge is 0.496 e. The minimum absolute atomic E-state index is 0.394. The lowest BCUT2D eigenvalue weighted by Crippen LogP contribution is -2.01. The van der Waals surface area contributed by atoms with Crippen LogP contribution in [-0.2, 0) is 13.5 Å². The summed E-state index contributed by atoms with van der Waals surface area (Å²) in [5, 5.41) is 8.93. The summed E-state index contributed by atoms with van der Waals surface area (Å²) in [6, 6.07) is 9.98. The van der Waals surface area contributed by atoms with Crippen molar-refractivity contribution in [3.8, 4) is 28.3 Å². The molecular formula is C22H21N7O2. The fraction of sp³-hybridized carbons (Fsp3) is 0.182. The molecule has 0 fully saturated rings. The summed E-state index contributed by atoms with van der Waals surface area (Å²) in [6.07, 6.45) is 5.59. The summed E-state index contributed by atoms with van der Waals surface area (Å²) in [5.41, 5.74) is 11.4. The number of benzene rings is 1. The zero-order valence-corrected chi connectivity index (χ0v) is 17.4. The van der Waals surface area contributed by atoms with Gasteiger partial charge in [-0.3, -0.25) is 4.68 Å². The Morgan fingerprint density at radius 1 is 1.16 bits per heavy atom. The Bertz CT molecular complexity index is 1400. The Labute approximate surface area is 178 Å². The van der Waals surface area contributed by atoms with E-state index in [0.717, 1.165) is 45.1 Å². The maximum atomic E-state index is 6.25. The fourth-order valence-corrected chi connectivity index (χ4v) is 3.73. The summed E-state index contributed by atoms with van der Waals surface area (Å²) in [5.74, 6) is 2.56. The highest BCUT2D eigenvalue weighted by molar-refractivity contribution is 5.91. The lowest BCUT2D eigenvalue weighted by molar-refractivity contribution is 0.407. The van der Waals surface area contributed by atoms with Gasteiger partial charge in [0, 0.05) is 24.4 Å². The standard InChI is InChI=1S/C22H21N7O2/c1-13-11-24-20(31-13)9-15-5-4-14(8-19(15)30-3)16-10-18(17-6-7-28(2)27-17)29-21(16)22(23)25-12-26-29/h4-8,10-12H,9H2,1-3H3,(H2,23,25,26). The highest BCUT2D eigenvalue weighted by Crippen LogP contribution is 2.36. The van der Waals surface area contributed by atoms with Gasteiger partial charge in [-0.2, -0.15) is 10.2 Å². The molecule has 9 heteroatoms. The Balaban J connectivity index is 1.63. The lowest BCUT2D eigenvalue weighted by Gasteiger charge is -2.10. The van der Waals surface area contributed by atoms with Crippen LogP contribution in [0.15, 0.2) is 53.5 Å². The van der Waals surface area contributed by atoms with Crippen LogP contribution in [-0.4, -0.2) is 36.5 Å². The molecule has 1 aromatic carbocycles. The van der Waals surface area contributed by atoms with Gasteiger partial charge in [0.25, 0.3) is 0 Å². The number of fused-ring (bicyclic) bond motifs is 1. The first kappa shape index (κ1) is 18.9. The molecule has 2 N–H and O–H groups in total. The number of oxazole rings is 1. The lowest BCUT2D eigenvalue weighted by atomic mass is 10.0. The van der Waals surface area contributed by atoms with Gasteiger partial charge in [-0.05, 0) is 30.7 Å². The SMILES string of the molecule is COc1cc(-c2cc(-c3ccn(C)n3)n3ncnc(N)c23)ccc1Cc1ncc(C)o1. The number of nitrogens with zero attached hydrogens (tertiary/aromatic N) is 6. The average Bonchev–Trinajstić information content (AvgIpc) is 3.47. The van der Waals surface area contributed by atoms with Gasteiger partial charge in [0.1, 0.15) is 29.0 Å². The molecule has 31 heavy (non-hydrogen) atoms. The van der Waals surface area contributed by atoms with E-state index in [1.807, 2.05) is 50.5 Å². The van der Waals surface area contributed by atoms with E-state index in [0.29, 0.717) is 18.1 Å². The zero-order chi connectivity index (χ0) is 21.5. The fourth-order valence-electron chi connectivity index (χ4n) is 3.73. The van der Waals surface area contributed by atoms with Crippen molar-refractivity contribution < 1.29 is 9.15 Å². The second-order valence-corrected chi connectivity index (χ2v) is 7.29. The maximum absolute atomic E-state index is 6.25. The monoisotopic (exact) mass is 415 g/mol. The van der Waals surface area contributed by atoms with Crippen LogP contribution in [0, 0.1) is 6.92 Å². The van der Waals surface area contributed by atoms with E-state index in [1.54, 1.807) is 22.5 Å². The number of nitrogens with two attached hydrogens (primary N) is 1. The molecule has 0 aliphatic carbocycles. The molecule has 0 aliphatic rings. The minimum atomic E-state index is 0.394. The molecule has 0 radical (unpaired) electrons. The highest BCUT2D eigenvalue weighted by atomic mass is 16.5. The molecule has 0 atom stereocenters. The first-order valence-corrected chi connectivity index (χ1v) is 9.74. The predicted molar refractivity (Wildman–Crippen MR) is 116 cm³/mol. The van der Waals surface area contributed by atoms with E-state index in [9.17, 15) is 0 Å². The van der Waals surface area contributed by atoms with Crippen molar-refractivity contribution in [1.82, 2.24) is 29.4 Å². The number of hydrogen-bond acceptors (Lipinski definition) is 7. The van der Waals surface area contributed by atoms with Gasteiger partial charge in [-0.15, -0.1) is 0 Å². The molecule has 0 unspecified atom stereocenters. The quantitative estimate of drug-likeness (QED) is 0.469. The second kappa shape index (κ2) is 7.28. The molecule has 0 spiro atoms. The molecular weight excluding hydrogens is 394 g/mol. The number of nitrogen functional groups attached to an aromatic ring is 1. The third kappa shape index (κ3) is 3.29. The van der Waals surface area contributed by atoms with Gasteiger partial charge >= 0.3 is 0 Å². The Morgan fingerprint density at radius 2 is 2.03 bits per heavy atom. The van der Waals surface area contributed by atoms with Crippen molar-refractivity contribution in [2.75, 3.05) is 12.8 Å². The van der Waals surface area contributed by atoms with E-state index < -0.39 is 0 Å². The van der Waals surface area contributed by atoms with Crippen molar-refractivity contribution in [3.05, 3.63) is 66.3 Å². The number of aryl methyl sites for hydroxylation is 2. The van der Waals surface area contributed by atoms with Gasteiger partial charge in [0.05, 0.1) is 25.4 Å². The molecule has 5 aromatic rings. The van der Waals surface area contributed by atoms with E-state index >= 15 is 0 Å². The summed E-state index contributed by atoms with van der Waals surface area (Å²) in [6.45, 7) is 1.88. The number of ether oxygens (including phenoxy) is 1. The summed E-state index contributed by atoms with van der Waals surface area (Å²) >= 11 is 0. The Hall–Kier alpha value is -4.14. The first-order chi connectivity index (χ1) is 15.0. The molecule has 0 saturated carbocycles. The van der Waals surface area contributed by atoms with Crippen molar-refractivity contribution >= 4 is 11.3 Å². The number of hydrogen-bond donors (Lipinski definition) is 1. The van der Waals surface area contributed by atoms with Crippen molar-refractivity contribution in [1.29, 1.82) is 0 Å². The number of methoxy groups -OCH3 is 1. The van der Waals surface area contributed by atoms with E-state index in [4.69, 9.17) is 14.9 Å². The van der Waals surface area contributed by atoms with Gasteiger partial charge in [-0.1, -0.05) is 12.1 Å². The smallest absolute Gasteiger partial charge is 0.198 e. The molecule has 0 amide bonds. The van der Waals surface area contributed by atoms with Crippen LogP contribution in [0.3, 0.4) is 0 Å². The Kier molecular flexibility index (Phi) is 4.43. The van der Waals surface area contributed by atoms with Crippen LogP contribution in [0.4, 0.5) is 5.82 Å². The zero-order valence-electron chi connectivity index (χ0n) is 17.4. The maximum Gasteiger partial charge on any atom is 0.198 e. The first-order valence-electron chi connectivity index (χ1n) is 9.74. The summed E-state index contributed by atoms with van der Waals surface area (Å²) in [7, 11) is 3.53. The van der Waals surface area contributed by atoms with Gasteiger partial charge in [0.2, 0.25) is 0 Å². The number of aromatic nitrogens is 6. The molecule has 4 heterocycles. The molecule has 0 bridgehead atoms. The minimum Gasteiger partial charge on any atom is -0.496 e. The van der Waals surface area contributed by atoms with E-state index in [1.165, 1.54) is 6.33 Å². The Morgan fingerprint density at radius 3 is 2.74 bits per heavy atom. The normalized spacial score (nSPS) is 11.3. The molecule has 156 valence electrons.